The standard InChI is InChI=1S/C13H17NO/c1-2-6-12-10(4-1)8-14-13(12)11-5-3-7-15-9-11/h1-2,4,6,11,13-14H,3,5,7-9H2. The summed E-state index contributed by atoms with van der Waals surface area (Å²) in [5.41, 5.74) is 2.96. The van der Waals surface area contributed by atoms with Gasteiger partial charge in [-0.15, -0.1) is 0 Å². The average Bonchev–Trinajstić information content (AvgIpc) is 2.74. The molecule has 0 aromatic heterocycles. The van der Waals surface area contributed by atoms with Crippen LogP contribution in [0.2, 0.25) is 0 Å². The molecule has 1 aromatic rings. The predicted molar refractivity (Wildman–Crippen MR) is 59.6 cm³/mol. The fraction of sp³-hybridized carbons (Fsp3) is 0.538. The van der Waals surface area contributed by atoms with E-state index in [9.17, 15) is 0 Å². The van der Waals surface area contributed by atoms with Crippen molar-refractivity contribution in [2.75, 3.05) is 13.2 Å². The maximum absolute atomic E-state index is 5.57. The molecular formula is C13H17NO. The zero-order valence-electron chi connectivity index (χ0n) is 8.91. The van der Waals surface area contributed by atoms with Crippen LogP contribution in [0, 0.1) is 5.92 Å². The second-order valence-electron chi connectivity index (χ2n) is 4.53. The number of nitrogens with one attached hydrogen (secondary N) is 1. The van der Waals surface area contributed by atoms with Gasteiger partial charge in [-0.05, 0) is 24.0 Å². The summed E-state index contributed by atoms with van der Waals surface area (Å²) in [7, 11) is 0. The first-order chi connectivity index (χ1) is 7.45. The van der Waals surface area contributed by atoms with E-state index in [4.69, 9.17) is 4.74 Å². The average molecular weight is 203 g/mol. The maximum atomic E-state index is 5.57. The second kappa shape index (κ2) is 3.95. The van der Waals surface area contributed by atoms with E-state index in [-0.39, 0.29) is 0 Å². The molecule has 0 radical (unpaired) electrons. The van der Waals surface area contributed by atoms with E-state index in [1.54, 1.807) is 0 Å². The Bertz CT molecular complexity index is 344. The Morgan fingerprint density at radius 1 is 1.27 bits per heavy atom. The second-order valence-corrected chi connectivity index (χ2v) is 4.53. The molecule has 2 heteroatoms. The highest BCUT2D eigenvalue weighted by atomic mass is 16.5. The van der Waals surface area contributed by atoms with Gasteiger partial charge in [0.15, 0.2) is 0 Å². The number of fused-ring (bicyclic) bond motifs is 1. The number of hydrogen-bond acceptors (Lipinski definition) is 2. The summed E-state index contributed by atoms with van der Waals surface area (Å²) in [6.45, 7) is 2.90. The minimum absolute atomic E-state index is 0.529. The lowest BCUT2D eigenvalue weighted by molar-refractivity contribution is 0.0405. The Morgan fingerprint density at radius 2 is 2.20 bits per heavy atom. The van der Waals surface area contributed by atoms with Gasteiger partial charge in [0, 0.05) is 25.1 Å². The maximum Gasteiger partial charge on any atom is 0.0512 e. The van der Waals surface area contributed by atoms with Gasteiger partial charge in [-0.3, -0.25) is 0 Å². The highest BCUT2D eigenvalue weighted by Gasteiger charge is 2.30. The van der Waals surface area contributed by atoms with E-state index < -0.39 is 0 Å². The molecule has 2 aliphatic heterocycles. The Labute approximate surface area is 90.6 Å². The van der Waals surface area contributed by atoms with Crippen molar-refractivity contribution in [2.24, 2.45) is 5.92 Å². The molecule has 0 saturated carbocycles. The van der Waals surface area contributed by atoms with E-state index in [2.05, 4.69) is 29.6 Å². The zero-order valence-corrected chi connectivity index (χ0v) is 8.91. The van der Waals surface area contributed by atoms with Crippen molar-refractivity contribution < 1.29 is 4.74 Å². The van der Waals surface area contributed by atoms with Crippen LogP contribution in [0.5, 0.6) is 0 Å². The van der Waals surface area contributed by atoms with Crippen molar-refractivity contribution in [1.29, 1.82) is 0 Å². The summed E-state index contributed by atoms with van der Waals surface area (Å²) in [6.07, 6.45) is 2.51. The first kappa shape index (κ1) is 9.37. The molecule has 80 valence electrons. The van der Waals surface area contributed by atoms with Gasteiger partial charge in [0.05, 0.1) is 6.61 Å². The summed E-state index contributed by atoms with van der Waals surface area (Å²) < 4.78 is 5.57. The quantitative estimate of drug-likeness (QED) is 0.756. The number of rotatable bonds is 1. The molecule has 1 saturated heterocycles. The summed E-state index contributed by atoms with van der Waals surface area (Å²) in [4.78, 5) is 0. The van der Waals surface area contributed by atoms with Crippen LogP contribution in [-0.2, 0) is 11.3 Å². The monoisotopic (exact) mass is 203 g/mol. The van der Waals surface area contributed by atoms with Crippen LogP contribution in [0.4, 0.5) is 0 Å². The molecule has 0 aliphatic carbocycles. The van der Waals surface area contributed by atoms with Crippen LogP contribution in [0.1, 0.15) is 30.0 Å². The first-order valence-electron chi connectivity index (χ1n) is 5.84. The van der Waals surface area contributed by atoms with Crippen LogP contribution in [-0.4, -0.2) is 13.2 Å². The van der Waals surface area contributed by atoms with Crippen molar-refractivity contribution in [3.05, 3.63) is 35.4 Å². The van der Waals surface area contributed by atoms with Crippen molar-refractivity contribution in [3.8, 4) is 0 Å². The molecule has 2 atom stereocenters. The highest BCUT2D eigenvalue weighted by molar-refractivity contribution is 5.34. The van der Waals surface area contributed by atoms with Crippen molar-refractivity contribution in [1.82, 2.24) is 5.32 Å². The molecule has 1 fully saturated rings. The molecular weight excluding hydrogens is 186 g/mol. The Balaban J connectivity index is 1.83. The van der Waals surface area contributed by atoms with Crippen LogP contribution in [0.25, 0.3) is 0 Å². The largest absolute Gasteiger partial charge is 0.381 e. The third-order valence-corrected chi connectivity index (χ3v) is 3.57. The van der Waals surface area contributed by atoms with Gasteiger partial charge in [-0.25, -0.2) is 0 Å². The molecule has 1 aromatic carbocycles. The van der Waals surface area contributed by atoms with Crippen LogP contribution in [0.15, 0.2) is 24.3 Å². The van der Waals surface area contributed by atoms with Crippen LogP contribution < -0.4 is 5.32 Å². The lowest BCUT2D eigenvalue weighted by atomic mass is 9.89. The van der Waals surface area contributed by atoms with E-state index >= 15 is 0 Å². The molecule has 1 N–H and O–H groups in total. The Morgan fingerprint density at radius 3 is 3.07 bits per heavy atom. The van der Waals surface area contributed by atoms with Gasteiger partial charge < -0.3 is 10.1 Å². The molecule has 2 nitrogen and oxygen atoms in total. The van der Waals surface area contributed by atoms with Gasteiger partial charge in [0.25, 0.3) is 0 Å². The van der Waals surface area contributed by atoms with Crippen molar-refractivity contribution >= 4 is 0 Å². The van der Waals surface area contributed by atoms with Gasteiger partial charge in [0.2, 0.25) is 0 Å². The van der Waals surface area contributed by atoms with E-state index in [1.807, 2.05) is 0 Å². The van der Waals surface area contributed by atoms with Crippen molar-refractivity contribution in [3.63, 3.8) is 0 Å². The zero-order chi connectivity index (χ0) is 10.1. The van der Waals surface area contributed by atoms with Crippen LogP contribution >= 0.6 is 0 Å². The topological polar surface area (TPSA) is 21.3 Å². The van der Waals surface area contributed by atoms with Gasteiger partial charge >= 0.3 is 0 Å². The highest BCUT2D eigenvalue weighted by Crippen LogP contribution is 2.34. The predicted octanol–water partition coefficient (Wildman–Crippen LogP) is 2.26. The van der Waals surface area contributed by atoms with Crippen LogP contribution in [0.3, 0.4) is 0 Å². The molecule has 3 rings (SSSR count). The third-order valence-electron chi connectivity index (χ3n) is 3.57. The fourth-order valence-electron chi connectivity index (χ4n) is 2.78. The summed E-state index contributed by atoms with van der Waals surface area (Å²) >= 11 is 0. The molecule has 15 heavy (non-hydrogen) atoms. The molecule has 2 aliphatic rings. The number of hydrogen-bond donors (Lipinski definition) is 1. The minimum Gasteiger partial charge on any atom is -0.381 e. The molecule has 0 spiro atoms. The first-order valence-corrected chi connectivity index (χ1v) is 5.84. The normalized spacial score (nSPS) is 30.1. The molecule has 2 heterocycles. The van der Waals surface area contributed by atoms with Gasteiger partial charge in [-0.1, -0.05) is 24.3 Å². The summed E-state index contributed by atoms with van der Waals surface area (Å²) in [5.74, 6) is 0.669. The lowest BCUT2D eigenvalue weighted by Gasteiger charge is -2.28. The lowest BCUT2D eigenvalue weighted by Crippen LogP contribution is -2.29. The molecule has 2 unspecified atom stereocenters. The SMILES string of the molecule is c1ccc2c(c1)CNC2C1CCCOC1. The van der Waals surface area contributed by atoms with E-state index in [1.165, 1.54) is 24.0 Å². The van der Waals surface area contributed by atoms with Crippen molar-refractivity contribution in [2.45, 2.75) is 25.4 Å². The Kier molecular flexibility index (Phi) is 2.47. The van der Waals surface area contributed by atoms with Gasteiger partial charge in [-0.2, -0.15) is 0 Å². The van der Waals surface area contributed by atoms with Gasteiger partial charge in [0.1, 0.15) is 0 Å². The fourth-order valence-corrected chi connectivity index (χ4v) is 2.78. The summed E-state index contributed by atoms with van der Waals surface area (Å²) in [6, 6.07) is 9.28. The number of benzene rings is 1. The summed E-state index contributed by atoms with van der Waals surface area (Å²) in [5, 5.41) is 3.61. The molecule has 0 amide bonds. The Hall–Kier alpha value is -0.860. The number of ether oxygens (including phenoxy) is 1. The third kappa shape index (κ3) is 1.68. The van der Waals surface area contributed by atoms with E-state index in [0.717, 1.165) is 19.8 Å². The van der Waals surface area contributed by atoms with E-state index in [0.29, 0.717) is 12.0 Å². The minimum atomic E-state index is 0.529. The molecule has 0 bridgehead atoms. The smallest absolute Gasteiger partial charge is 0.0512 e.